The van der Waals surface area contributed by atoms with Crippen LogP contribution in [0.15, 0.2) is 42.5 Å². The Kier molecular flexibility index (Phi) is 6.02. The van der Waals surface area contributed by atoms with E-state index in [1.165, 1.54) is 0 Å². The fourth-order valence-electron chi connectivity index (χ4n) is 2.70. The van der Waals surface area contributed by atoms with E-state index in [4.69, 9.17) is 9.47 Å². The van der Waals surface area contributed by atoms with Gasteiger partial charge in [-0.3, -0.25) is 0 Å². The van der Waals surface area contributed by atoms with Crippen molar-refractivity contribution in [2.24, 2.45) is 0 Å². The minimum absolute atomic E-state index is 0.0554. The van der Waals surface area contributed by atoms with E-state index in [1.54, 1.807) is 14.2 Å². The predicted molar refractivity (Wildman–Crippen MR) is 91.9 cm³/mol. The number of ether oxygens (including phenoxy) is 2. The Balaban J connectivity index is 2.18. The van der Waals surface area contributed by atoms with E-state index in [9.17, 15) is 5.11 Å². The molecular formula is C19H25NO3. The van der Waals surface area contributed by atoms with Crippen molar-refractivity contribution in [2.75, 3.05) is 14.2 Å². The van der Waals surface area contributed by atoms with Crippen molar-refractivity contribution in [1.82, 2.24) is 5.32 Å². The maximum Gasteiger partial charge on any atom is 0.123 e. The molecule has 0 heterocycles. The van der Waals surface area contributed by atoms with E-state index in [0.29, 0.717) is 0 Å². The Morgan fingerprint density at radius 1 is 1.00 bits per heavy atom. The lowest BCUT2D eigenvalue weighted by molar-refractivity contribution is 0.281. The number of aliphatic hydroxyl groups is 1. The molecule has 0 saturated heterocycles. The first-order valence-electron chi connectivity index (χ1n) is 7.76. The van der Waals surface area contributed by atoms with Crippen molar-refractivity contribution < 1.29 is 14.6 Å². The quantitative estimate of drug-likeness (QED) is 0.819. The Hall–Kier alpha value is -2.04. The van der Waals surface area contributed by atoms with E-state index in [1.807, 2.05) is 36.4 Å². The number of benzene rings is 2. The molecule has 2 rings (SSSR count). The fraction of sp³-hybridized carbons (Fsp3) is 0.368. The Labute approximate surface area is 138 Å². The van der Waals surface area contributed by atoms with Crippen molar-refractivity contribution in [1.29, 1.82) is 0 Å². The first-order chi connectivity index (χ1) is 11.1. The topological polar surface area (TPSA) is 50.7 Å². The summed E-state index contributed by atoms with van der Waals surface area (Å²) in [5.74, 6) is 1.64. The van der Waals surface area contributed by atoms with E-state index in [2.05, 4.69) is 25.2 Å². The van der Waals surface area contributed by atoms with Crippen LogP contribution in [0.5, 0.6) is 11.5 Å². The van der Waals surface area contributed by atoms with Gasteiger partial charge in [-0.1, -0.05) is 24.3 Å². The molecule has 2 atom stereocenters. The van der Waals surface area contributed by atoms with Crippen LogP contribution < -0.4 is 14.8 Å². The molecular weight excluding hydrogens is 290 g/mol. The van der Waals surface area contributed by atoms with Crippen molar-refractivity contribution >= 4 is 0 Å². The van der Waals surface area contributed by atoms with Gasteiger partial charge in [0, 0.05) is 17.6 Å². The minimum atomic E-state index is 0.0554. The molecule has 2 aromatic rings. The highest BCUT2D eigenvalue weighted by atomic mass is 16.5. The number of hydrogen-bond acceptors (Lipinski definition) is 4. The van der Waals surface area contributed by atoms with Gasteiger partial charge in [-0.15, -0.1) is 0 Å². The van der Waals surface area contributed by atoms with Gasteiger partial charge in [-0.25, -0.2) is 0 Å². The third-order valence-corrected chi connectivity index (χ3v) is 4.04. The molecule has 0 amide bonds. The molecule has 4 nitrogen and oxygen atoms in total. The molecule has 0 aliphatic heterocycles. The SMILES string of the molecule is COc1ccc(OC)c(C(C)NC(C)c2cccc(CO)c2)c1. The van der Waals surface area contributed by atoms with Crippen LogP contribution in [-0.4, -0.2) is 19.3 Å². The largest absolute Gasteiger partial charge is 0.497 e. The lowest BCUT2D eigenvalue weighted by Crippen LogP contribution is -2.23. The summed E-state index contributed by atoms with van der Waals surface area (Å²) in [6, 6.07) is 14.0. The van der Waals surface area contributed by atoms with Gasteiger partial charge in [-0.05, 0) is 43.2 Å². The van der Waals surface area contributed by atoms with Crippen molar-refractivity contribution in [3.05, 3.63) is 59.2 Å². The van der Waals surface area contributed by atoms with Crippen LogP contribution in [0.25, 0.3) is 0 Å². The molecule has 0 bridgehead atoms. The van der Waals surface area contributed by atoms with Crippen molar-refractivity contribution in [3.8, 4) is 11.5 Å². The lowest BCUT2D eigenvalue weighted by Gasteiger charge is -2.23. The Bertz CT molecular complexity index is 642. The van der Waals surface area contributed by atoms with Gasteiger partial charge >= 0.3 is 0 Å². The molecule has 2 unspecified atom stereocenters. The average Bonchev–Trinajstić information content (AvgIpc) is 2.60. The zero-order chi connectivity index (χ0) is 16.8. The number of methoxy groups -OCH3 is 2. The summed E-state index contributed by atoms with van der Waals surface area (Å²) in [6.45, 7) is 4.27. The van der Waals surface area contributed by atoms with Crippen LogP contribution in [-0.2, 0) is 6.61 Å². The van der Waals surface area contributed by atoms with Crippen LogP contribution >= 0.6 is 0 Å². The van der Waals surface area contributed by atoms with Crippen molar-refractivity contribution in [2.45, 2.75) is 32.5 Å². The number of hydrogen-bond donors (Lipinski definition) is 2. The second-order valence-corrected chi connectivity index (χ2v) is 5.62. The highest BCUT2D eigenvalue weighted by Crippen LogP contribution is 2.30. The van der Waals surface area contributed by atoms with Crippen LogP contribution in [0.4, 0.5) is 0 Å². The average molecular weight is 315 g/mol. The summed E-state index contributed by atoms with van der Waals surface area (Å²) >= 11 is 0. The number of rotatable bonds is 7. The van der Waals surface area contributed by atoms with E-state index in [-0.39, 0.29) is 18.7 Å². The monoisotopic (exact) mass is 315 g/mol. The van der Waals surface area contributed by atoms with Crippen molar-refractivity contribution in [3.63, 3.8) is 0 Å². The van der Waals surface area contributed by atoms with Gasteiger partial charge in [0.05, 0.1) is 20.8 Å². The molecule has 0 aromatic heterocycles. The molecule has 4 heteroatoms. The Morgan fingerprint density at radius 2 is 1.78 bits per heavy atom. The molecule has 23 heavy (non-hydrogen) atoms. The van der Waals surface area contributed by atoms with E-state index < -0.39 is 0 Å². The van der Waals surface area contributed by atoms with Crippen LogP contribution in [0, 0.1) is 0 Å². The summed E-state index contributed by atoms with van der Waals surface area (Å²) in [5.41, 5.74) is 3.12. The second kappa shape index (κ2) is 7.99. The van der Waals surface area contributed by atoms with Gasteiger partial charge in [0.25, 0.3) is 0 Å². The highest BCUT2D eigenvalue weighted by Gasteiger charge is 2.16. The first-order valence-corrected chi connectivity index (χ1v) is 7.76. The highest BCUT2D eigenvalue weighted by molar-refractivity contribution is 5.42. The predicted octanol–water partition coefficient (Wildman–Crippen LogP) is 3.61. The first kappa shape index (κ1) is 17.3. The Morgan fingerprint density at radius 3 is 2.43 bits per heavy atom. The summed E-state index contributed by atoms with van der Waals surface area (Å²) in [6.07, 6.45) is 0. The maximum atomic E-state index is 9.28. The smallest absolute Gasteiger partial charge is 0.123 e. The van der Waals surface area contributed by atoms with Crippen LogP contribution in [0.1, 0.15) is 42.6 Å². The fourth-order valence-corrected chi connectivity index (χ4v) is 2.70. The molecule has 0 fully saturated rings. The summed E-state index contributed by atoms with van der Waals surface area (Å²) < 4.78 is 10.8. The second-order valence-electron chi connectivity index (χ2n) is 5.62. The van der Waals surface area contributed by atoms with Gasteiger partial charge in [0.1, 0.15) is 11.5 Å². The third kappa shape index (κ3) is 4.24. The summed E-state index contributed by atoms with van der Waals surface area (Å²) in [7, 11) is 3.33. The molecule has 0 spiro atoms. The third-order valence-electron chi connectivity index (χ3n) is 4.04. The zero-order valence-electron chi connectivity index (χ0n) is 14.2. The van der Waals surface area contributed by atoms with Crippen LogP contribution in [0.2, 0.25) is 0 Å². The standard InChI is InChI=1S/C19H25NO3/c1-13(16-7-5-6-15(10-16)12-21)20-14(2)18-11-17(22-3)8-9-19(18)23-4/h5-11,13-14,20-21H,12H2,1-4H3. The molecule has 124 valence electrons. The molecule has 0 saturated carbocycles. The lowest BCUT2D eigenvalue weighted by atomic mass is 10.0. The zero-order valence-corrected chi connectivity index (χ0v) is 14.2. The summed E-state index contributed by atoms with van der Waals surface area (Å²) in [5, 5.41) is 12.9. The van der Waals surface area contributed by atoms with Gasteiger partial charge in [0.15, 0.2) is 0 Å². The minimum Gasteiger partial charge on any atom is -0.497 e. The van der Waals surface area contributed by atoms with E-state index >= 15 is 0 Å². The van der Waals surface area contributed by atoms with Gasteiger partial charge < -0.3 is 19.9 Å². The normalized spacial score (nSPS) is 13.4. The molecule has 0 radical (unpaired) electrons. The molecule has 0 aliphatic rings. The molecule has 2 aromatic carbocycles. The van der Waals surface area contributed by atoms with Gasteiger partial charge in [-0.2, -0.15) is 0 Å². The van der Waals surface area contributed by atoms with E-state index in [0.717, 1.165) is 28.2 Å². The number of nitrogens with one attached hydrogen (secondary N) is 1. The summed E-state index contributed by atoms with van der Waals surface area (Å²) in [4.78, 5) is 0. The maximum absolute atomic E-state index is 9.28. The molecule has 0 aliphatic carbocycles. The number of aliphatic hydroxyl groups excluding tert-OH is 1. The molecule has 2 N–H and O–H groups in total. The van der Waals surface area contributed by atoms with Gasteiger partial charge in [0.2, 0.25) is 0 Å². The van der Waals surface area contributed by atoms with Crippen LogP contribution in [0.3, 0.4) is 0 Å².